The number of thioether (sulfide) groups is 1. The largest absolute Gasteiger partial charge is 0.493 e. The number of halogens is 4. The van der Waals surface area contributed by atoms with Gasteiger partial charge in [-0.15, -0.1) is 0 Å². The molecular weight excluding hydrogens is 641 g/mol. The maximum absolute atomic E-state index is 13.0. The Bertz CT molecular complexity index is 1310. The van der Waals surface area contributed by atoms with Crippen molar-refractivity contribution in [3.63, 3.8) is 0 Å². The first-order valence-electron chi connectivity index (χ1n) is 10.2. The lowest BCUT2D eigenvalue weighted by Gasteiger charge is -2.15. The SMILES string of the molecule is COc1cc(/C=C2/SC(=O)N(Cc3c(Cl)cccc3Cl)C2=O)cc(Br)c1OCc1ccc(Br)cc1. The van der Waals surface area contributed by atoms with Crippen LogP contribution in [0.15, 0.2) is 68.4 Å². The van der Waals surface area contributed by atoms with E-state index in [0.29, 0.717) is 43.8 Å². The molecule has 5 nitrogen and oxygen atoms in total. The Labute approximate surface area is 233 Å². The van der Waals surface area contributed by atoms with Crippen LogP contribution in [0.2, 0.25) is 10.0 Å². The molecular formula is C25H17Br2Cl2NO4S. The van der Waals surface area contributed by atoms with Crippen molar-refractivity contribution in [1.82, 2.24) is 4.90 Å². The first-order valence-corrected chi connectivity index (χ1v) is 13.4. The van der Waals surface area contributed by atoms with Crippen molar-refractivity contribution in [2.24, 2.45) is 0 Å². The smallest absolute Gasteiger partial charge is 0.293 e. The molecule has 4 rings (SSSR count). The fourth-order valence-electron chi connectivity index (χ4n) is 3.33. The van der Waals surface area contributed by atoms with Gasteiger partial charge in [-0.25, -0.2) is 0 Å². The van der Waals surface area contributed by atoms with E-state index in [2.05, 4.69) is 31.9 Å². The third kappa shape index (κ3) is 6.06. The Kier molecular flexibility index (Phi) is 8.50. The summed E-state index contributed by atoms with van der Waals surface area (Å²) >= 11 is 20.2. The van der Waals surface area contributed by atoms with Gasteiger partial charge in [-0.1, -0.05) is 57.3 Å². The van der Waals surface area contributed by atoms with E-state index in [-0.39, 0.29) is 11.4 Å². The Morgan fingerprint density at radius 2 is 1.71 bits per heavy atom. The summed E-state index contributed by atoms with van der Waals surface area (Å²) in [7, 11) is 1.54. The average molecular weight is 658 g/mol. The second-order valence-electron chi connectivity index (χ2n) is 7.42. The first-order chi connectivity index (χ1) is 16.8. The van der Waals surface area contributed by atoms with Crippen molar-refractivity contribution in [2.45, 2.75) is 13.2 Å². The summed E-state index contributed by atoms with van der Waals surface area (Å²) in [5, 5.41) is 0.401. The molecule has 35 heavy (non-hydrogen) atoms. The Balaban J connectivity index is 1.54. The van der Waals surface area contributed by atoms with E-state index in [1.54, 1.807) is 43.5 Å². The molecule has 0 aliphatic carbocycles. The molecule has 0 N–H and O–H groups in total. The third-order valence-electron chi connectivity index (χ3n) is 5.10. The van der Waals surface area contributed by atoms with Crippen LogP contribution in [0.4, 0.5) is 4.79 Å². The highest BCUT2D eigenvalue weighted by Gasteiger charge is 2.35. The molecule has 2 amide bonds. The first kappa shape index (κ1) is 26.1. The molecule has 1 aliphatic heterocycles. The standard InChI is InChI=1S/C25H17Br2Cl2NO4S/c1-33-21-10-15(9-18(27)23(21)34-13-14-5-7-16(26)8-6-14)11-22-24(31)30(25(32)35-22)12-17-19(28)3-2-4-20(17)29/h2-11H,12-13H2,1H3/b22-11+. The molecule has 10 heteroatoms. The van der Waals surface area contributed by atoms with E-state index in [4.69, 9.17) is 32.7 Å². The van der Waals surface area contributed by atoms with Gasteiger partial charge in [0, 0.05) is 20.1 Å². The van der Waals surface area contributed by atoms with E-state index in [9.17, 15) is 9.59 Å². The van der Waals surface area contributed by atoms with E-state index >= 15 is 0 Å². The third-order valence-corrected chi connectivity index (χ3v) is 7.83. The topological polar surface area (TPSA) is 55.8 Å². The lowest BCUT2D eigenvalue weighted by atomic mass is 10.1. The summed E-state index contributed by atoms with van der Waals surface area (Å²) in [6, 6.07) is 16.4. The van der Waals surface area contributed by atoms with E-state index in [1.165, 1.54) is 0 Å². The van der Waals surface area contributed by atoms with Crippen LogP contribution in [0.1, 0.15) is 16.7 Å². The van der Waals surface area contributed by atoms with Crippen molar-refractivity contribution in [2.75, 3.05) is 7.11 Å². The number of nitrogens with zero attached hydrogens (tertiary/aromatic N) is 1. The van der Waals surface area contributed by atoms with Crippen LogP contribution in [0, 0.1) is 0 Å². The van der Waals surface area contributed by atoms with Gasteiger partial charge in [0.05, 0.1) is 23.0 Å². The zero-order chi connectivity index (χ0) is 25.1. The van der Waals surface area contributed by atoms with Gasteiger partial charge < -0.3 is 9.47 Å². The highest BCUT2D eigenvalue weighted by atomic mass is 79.9. The van der Waals surface area contributed by atoms with Gasteiger partial charge in [0.15, 0.2) is 11.5 Å². The second-order valence-corrected chi connectivity index (χ2v) is 11.0. The molecule has 0 bridgehead atoms. The van der Waals surface area contributed by atoms with Gasteiger partial charge in [0.25, 0.3) is 11.1 Å². The lowest BCUT2D eigenvalue weighted by molar-refractivity contribution is -0.123. The number of ether oxygens (including phenoxy) is 2. The monoisotopic (exact) mass is 655 g/mol. The molecule has 1 aliphatic rings. The molecule has 0 unspecified atom stereocenters. The zero-order valence-corrected chi connectivity index (χ0v) is 23.7. The molecule has 0 radical (unpaired) electrons. The zero-order valence-electron chi connectivity index (χ0n) is 18.2. The number of carbonyl (C=O) groups excluding carboxylic acids is 2. The summed E-state index contributed by atoms with van der Waals surface area (Å²) in [6.07, 6.45) is 1.64. The second kappa shape index (κ2) is 11.4. The predicted octanol–water partition coefficient (Wildman–Crippen LogP) is 8.34. The van der Waals surface area contributed by atoms with E-state index in [0.717, 1.165) is 26.7 Å². The van der Waals surface area contributed by atoms with E-state index in [1.807, 2.05) is 24.3 Å². The molecule has 1 saturated heterocycles. The van der Waals surface area contributed by atoms with Gasteiger partial charge in [-0.05, 0) is 81.3 Å². The van der Waals surface area contributed by atoms with Crippen LogP contribution in [0.25, 0.3) is 6.08 Å². The Hall–Kier alpha value is -1.97. The lowest BCUT2D eigenvalue weighted by Crippen LogP contribution is -2.27. The summed E-state index contributed by atoms with van der Waals surface area (Å²) < 4.78 is 13.2. The van der Waals surface area contributed by atoms with Crippen molar-refractivity contribution in [1.29, 1.82) is 0 Å². The van der Waals surface area contributed by atoms with Crippen LogP contribution in [0.3, 0.4) is 0 Å². The average Bonchev–Trinajstić information content (AvgIpc) is 3.08. The molecule has 0 aromatic heterocycles. The number of hydrogen-bond donors (Lipinski definition) is 0. The fourth-order valence-corrected chi connectivity index (χ4v) is 5.52. The van der Waals surface area contributed by atoms with Crippen LogP contribution < -0.4 is 9.47 Å². The number of rotatable bonds is 7. The molecule has 3 aromatic carbocycles. The minimum atomic E-state index is -0.415. The van der Waals surface area contributed by atoms with Crippen LogP contribution in [0.5, 0.6) is 11.5 Å². The minimum Gasteiger partial charge on any atom is -0.493 e. The van der Waals surface area contributed by atoms with Crippen molar-refractivity contribution in [3.8, 4) is 11.5 Å². The number of carbonyl (C=O) groups is 2. The summed E-state index contributed by atoms with van der Waals surface area (Å²) in [5.41, 5.74) is 2.19. The van der Waals surface area contributed by atoms with Crippen LogP contribution >= 0.6 is 66.8 Å². The Morgan fingerprint density at radius 1 is 1.03 bits per heavy atom. The van der Waals surface area contributed by atoms with Crippen molar-refractivity contribution in [3.05, 3.63) is 95.2 Å². The normalized spacial score (nSPS) is 14.7. The molecule has 3 aromatic rings. The fraction of sp³-hybridized carbons (Fsp3) is 0.120. The highest BCUT2D eigenvalue weighted by molar-refractivity contribution is 9.10. The quantitative estimate of drug-likeness (QED) is 0.239. The van der Waals surface area contributed by atoms with Gasteiger partial charge >= 0.3 is 0 Å². The minimum absolute atomic E-state index is 0.00361. The Morgan fingerprint density at radius 3 is 2.37 bits per heavy atom. The van der Waals surface area contributed by atoms with Crippen LogP contribution in [-0.2, 0) is 17.9 Å². The van der Waals surface area contributed by atoms with Gasteiger partial charge in [-0.2, -0.15) is 0 Å². The molecule has 180 valence electrons. The number of imide groups is 1. The van der Waals surface area contributed by atoms with Gasteiger partial charge in [0.1, 0.15) is 6.61 Å². The molecule has 0 atom stereocenters. The summed E-state index contributed by atoms with van der Waals surface area (Å²) in [6.45, 7) is 0.349. The van der Waals surface area contributed by atoms with Crippen LogP contribution in [-0.4, -0.2) is 23.2 Å². The number of amides is 2. The number of hydrogen-bond acceptors (Lipinski definition) is 5. The molecule has 1 fully saturated rings. The maximum Gasteiger partial charge on any atom is 0.293 e. The summed E-state index contributed by atoms with van der Waals surface area (Å²) in [4.78, 5) is 27.0. The summed E-state index contributed by atoms with van der Waals surface area (Å²) in [5.74, 6) is 0.612. The van der Waals surface area contributed by atoms with Crippen molar-refractivity contribution < 1.29 is 19.1 Å². The highest BCUT2D eigenvalue weighted by Crippen LogP contribution is 2.40. The van der Waals surface area contributed by atoms with Gasteiger partial charge in [-0.3, -0.25) is 14.5 Å². The number of methoxy groups -OCH3 is 1. The number of benzene rings is 3. The molecule has 1 heterocycles. The van der Waals surface area contributed by atoms with Crippen molar-refractivity contribution >= 4 is 84.0 Å². The maximum atomic E-state index is 13.0. The van der Waals surface area contributed by atoms with Gasteiger partial charge in [0.2, 0.25) is 0 Å². The molecule has 0 saturated carbocycles. The predicted molar refractivity (Wildman–Crippen MR) is 147 cm³/mol. The molecule has 0 spiro atoms. The van der Waals surface area contributed by atoms with E-state index < -0.39 is 11.1 Å².